The molecular weight excluding hydrogens is 1130 g/mol. The van der Waals surface area contributed by atoms with Crippen molar-refractivity contribution in [3.8, 4) is 11.6 Å². The van der Waals surface area contributed by atoms with Gasteiger partial charge in [-0.15, -0.1) is 0 Å². The van der Waals surface area contributed by atoms with Crippen molar-refractivity contribution >= 4 is 72.9 Å². The maximum Gasteiger partial charge on any atom is 0.297 e. The summed E-state index contributed by atoms with van der Waals surface area (Å²) in [5.74, 6) is -0.826. The summed E-state index contributed by atoms with van der Waals surface area (Å²) < 4.78 is 60.9. The van der Waals surface area contributed by atoms with E-state index in [2.05, 4.69) is 65.8 Å². The number of fused-ring (bicyclic) bond motifs is 5. The van der Waals surface area contributed by atoms with Crippen LogP contribution < -0.4 is 34.2 Å². The molecule has 6 fully saturated rings. The van der Waals surface area contributed by atoms with E-state index in [9.17, 15) is 32.9 Å². The molecule has 5 saturated heterocycles. The number of benzene rings is 4. The number of nitro benzene ring substituents is 1. The lowest BCUT2D eigenvalue weighted by Gasteiger charge is -2.58. The standard InChI is InChI=1S/C64H70N10O12S/c1-38-4-2-3-5-46(38)55-35-70(42-6-8-47-49(29-42)63(77)72(62(47)76)41-13-25-83-26-14-41)21-22-71(55)44-33-64(34-44)16-19-69(20-17-64)43-7-9-48(52(30-43)73-51-15-27-84-37-57(51)86-61-54(73)28-40-10-18-65-59(40)67-61)60(75)68-87(80,81)45-31-53(74(78)79)58-56(32-45)85-36-50(66-58)39-11-23-82-24-12-39/h2-10,18,28-32,39,41,44,50-51,55,57,66H,11-17,19-27,33-37H2,1H3,(H,65,67)(H,68,75)/t50-,51-,55-,57-/m0/s1. The molecule has 0 bridgehead atoms. The second-order valence-electron chi connectivity index (χ2n) is 25.1. The summed E-state index contributed by atoms with van der Waals surface area (Å²) in [5, 5.41) is 16.7. The van der Waals surface area contributed by atoms with Gasteiger partial charge in [-0.2, -0.15) is 4.98 Å². The third-order valence-corrected chi connectivity index (χ3v) is 21.6. The van der Waals surface area contributed by atoms with E-state index < -0.39 is 37.5 Å². The van der Waals surface area contributed by atoms with Gasteiger partial charge < -0.3 is 48.7 Å². The zero-order chi connectivity index (χ0) is 59.3. The molecule has 15 rings (SSSR count). The van der Waals surface area contributed by atoms with E-state index in [1.54, 1.807) is 12.3 Å². The van der Waals surface area contributed by atoms with Crippen LogP contribution in [0.1, 0.15) is 106 Å². The Morgan fingerprint density at radius 2 is 1.52 bits per heavy atom. The summed E-state index contributed by atoms with van der Waals surface area (Å²) in [5.41, 5.74) is 6.86. The van der Waals surface area contributed by atoms with Gasteiger partial charge >= 0.3 is 0 Å². The van der Waals surface area contributed by atoms with E-state index in [0.29, 0.717) is 92.4 Å². The van der Waals surface area contributed by atoms with Crippen LogP contribution in [0.5, 0.6) is 11.6 Å². The average molecular weight is 1200 g/mol. The number of piperidine rings is 1. The number of aromatic amines is 1. The highest BCUT2D eigenvalue weighted by molar-refractivity contribution is 7.90. The molecule has 8 aliphatic heterocycles. The third kappa shape index (κ3) is 9.98. The zero-order valence-corrected chi connectivity index (χ0v) is 49.3. The second kappa shape index (κ2) is 22.1. The van der Waals surface area contributed by atoms with Gasteiger partial charge in [0.05, 0.1) is 56.9 Å². The number of anilines is 5. The van der Waals surface area contributed by atoms with Crippen LogP contribution in [0.3, 0.4) is 0 Å². The smallest absolute Gasteiger partial charge is 0.297 e. The van der Waals surface area contributed by atoms with Crippen LogP contribution in [0.2, 0.25) is 0 Å². The molecule has 1 spiro atoms. The summed E-state index contributed by atoms with van der Waals surface area (Å²) in [7, 11) is -4.73. The van der Waals surface area contributed by atoms with Crippen molar-refractivity contribution in [1.82, 2.24) is 24.5 Å². The van der Waals surface area contributed by atoms with Crippen molar-refractivity contribution in [2.75, 3.05) is 99.0 Å². The number of nitrogens with one attached hydrogen (secondary N) is 3. The normalized spacial score (nSPS) is 24.3. The van der Waals surface area contributed by atoms with E-state index >= 15 is 0 Å². The highest BCUT2D eigenvalue weighted by Crippen LogP contribution is 2.54. The largest absolute Gasteiger partial charge is 0.489 e. The van der Waals surface area contributed by atoms with Crippen LogP contribution >= 0.6 is 0 Å². The third-order valence-electron chi connectivity index (χ3n) is 20.2. The van der Waals surface area contributed by atoms with E-state index in [1.165, 1.54) is 22.1 Å². The van der Waals surface area contributed by atoms with Gasteiger partial charge in [-0.25, -0.2) is 13.1 Å². The molecule has 0 unspecified atom stereocenters. The molecule has 9 aliphatic rings. The molecule has 1 aliphatic carbocycles. The van der Waals surface area contributed by atoms with Crippen molar-refractivity contribution in [3.05, 3.63) is 129 Å². The van der Waals surface area contributed by atoms with E-state index in [4.69, 9.17) is 28.7 Å². The number of carbonyl (C=O) groups excluding carboxylic acids is 3. The first-order valence-electron chi connectivity index (χ1n) is 30.7. The minimum Gasteiger partial charge on any atom is -0.489 e. The number of hydrogen-bond acceptors (Lipinski definition) is 18. The number of amides is 3. The van der Waals surface area contributed by atoms with Gasteiger partial charge in [0.15, 0.2) is 11.4 Å². The Morgan fingerprint density at radius 3 is 2.31 bits per heavy atom. The number of carbonyl (C=O) groups is 3. The van der Waals surface area contributed by atoms with Crippen LogP contribution in [0.4, 0.5) is 34.1 Å². The van der Waals surface area contributed by atoms with Crippen LogP contribution in [0.15, 0.2) is 96.0 Å². The van der Waals surface area contributed by atoms with Gasteiger partial charge in [0.2, 0.25) is 5.88 Å². The quantitative estimate of drug-likeness (QED) is 0.0628. The highest BCUT2D eigenvalue weighted by atomic mass is 32.2. The summed E-state index contributed by atoms with van der Waals surface area (Å²) in [6.45, 7) is 9.19. The number of ether oxygens (including phenoxy) is 5. The Balaban J connectivity index is 0.687. The molecule has 2 aromatic heterocycles. The van der Waals surface area contributed by atoms with Crippen molar-refractivity contribution in [3.63, 3.8) is 0 Å². The van der Waals surface area contributed by atoms with E-state index in [-0.39, 0.29) is 77.5 Å². The van der Waals surface area contributed by atoms with Crippen molar-refractivity contribution in [1.29, 1.82) is 0 Å². The number of imide groups is 1. The van der Waals surface area contributed by atoms with Crippen LogP contribution in [-0.2, 0) is 24.2 Å². The first-order valence-corrected chi connectivity index (χ1v) is 32.2. The topological polar surface area (TPSA) is 244 Å². The number of aromatic nitrogens is 2. The molecule has 23 heteroatoms. The Labute approximate surface area is 503 Å². The first kappa shape index (κ1) is 55.7. The van der Waals surface area contributed by atoms with E-state index in [1.807, 2.05) is 42.5 Å². The Morgan fingerprint density at radius 1 is 0.770 bits per heavy atom. The number of hydrogen-bond donors (Lipinski definition) is 3. The number of pyridine rings is 1. The number of piperazine rings is 1. The Bertz CT molecular complexity index is 3850. The molecule has 454 valence electrons. The Kier molecular flexibility index (Phi) is 14.1. The lowest BCUT2D eigenvalue weighted by Crippen LogP contribution is -2.60. The summed E-state index contributed by atoms with van der Waals surface area (Å²) in [6, 6.07) is 25.8. The maximum absolute atomic E-state index is 15.0. The van der Waals surface area contributed by atoms with Gasteiger partial charge in [0, 0.05) is 113 Å². The monoisotopic (exact) mass is 1200 g/mol. The molecule has 87 heavy (non-hydrogen) atoms. The minimum atomic E-state index is -4.73. The summed E-state index contributed by atoms with van der Waals surface area (Å²) in [4.78, 5) is 73.0. The fourth-order valence-electron chi connectivity index (χ4n) is 15.5. The summed E-state index contributed by atoms with van der Waals surface area (Å²) in [6.07, 6.45) is 8.73. The maximum atomic E-state index is 15.0. The SMILES string of the molecule is Cc1ccccc1[C@@H]1CN(c2ccc3c(c2)C(=O)N(C2CCOCC2)C3=O)CCN1C1CC2(CCN(c3ccc(C(=O)NS(=O)(=O)c4cc5c(c([N+](=O)[O-])c4)N[C@H](C4CCOCC4)CO5)c(N4c5cc6cc[nH]c6nc5O[C@H]5COCC[C@@H]54)c3)CC2)C1. The molecule has 6 aromatic rings. The number of nitro groups is 1. The van der Waals surface area contributed by atoms with Crippen molar-refractivity contribution < 1.29 is 51.4 Å². The number of H-pyrrole nitrogens is 1. The minimum absolute atomic E-state index is 0.0143. The molecular formula is C64H70N10O12S. The molecule has 0 radical (unpaired) electrons. The molecule has 10 heterocycles. The van der Waals surface area contributed by atoms with Gasteiger partial charge in [0.1, 0.15) is 24.0 Å². The molecule has 3 amide bonds. The summed E-state index contributed by atoms with van der Waals surface area (Å²) >= 11 is 0. The van der Waals surface area contributed by atoms with Gasteiger partial charge in [-0.1, -0.05) is 24.3 Å². The molecule has 4 atom stereocenters. The predicted octanol–water partition coefficient (Wildman–Crippen LogP) is 8.27. The first-order chi connectivity index (χ1) is 42.3. The van der Waals surface area contributed by atoms with Gasteiger partial charge in [-0.3, -0.25) is 34.3 Å². The second-order valence-corrected chi connectivity index (χ2v) is 26.7. The van der Waals surface area contributed by atoms with E-state index in [0.717, 1.165) is 94.1 Å². The number of sulfonamides is 1. The number of rotatable bonds is 11. The Hall–Kier alpha value is -7.83. The fourth-order valence-corrected chi connectivity index (χ4v) is 16.5. The average Bonchev–Trinajstić information content (AvgIpc) is 1.81. The van der Waals surface area contributed by atoms with Crippen LogP contribution in [0.25, 0.3) is 11.0 Å². The van der Waals surface area contributed by atoms with Gasteiger partial charge in [0.25, 0.3) is 33.4 Å². The lowest BCUT2D eigenvalue weighted by atomic mass is 9.59. The van der Waals surface area contributed by atoms with Crippen LogP contribution in [-0.4, -0.2) is 160 Å². The molecule has 1 saturated carbocycles. The number of nitrogens with zero attached hydrogens (tertiary/aromatic N) is 7. The molecule has 3 N–H and O–H groups in total. The van der Waals surface area contributed by atoms with Crippen molar-refractivity contribution in [2.24, 2.45) is 11.3 Å². The van der Waals surface area contributed by atoms with Crippen LogP contribution in [0, 0.1) is 28.4 Å². The molecule has 4 aromatic carbocycles. The lowest BCUT2D eigenvalue weighted by molar-refractivity contribution is -0.384. The highest BCUT2D eigenvalue weighted by Gasteiger charge is 2.51. The van der Waals surface area contributed by atoms with Gasteiger partial charge in [-0.05, 0) is 136 Å². The molecule has 22 nitrogen and oxygen atoms in total. The van der Waals surface area contributed by atoms with Crippen molar-refractivity contribution in [2.45, 2.75) is 106 Å². The predicted molar refractivity (Wildman–Crippen MR) is 323 cm³/mol. The zero-order valence-electron chi connectivity index (χ0n) is 48.5. The fraction of sp³-hybridized carbons (Fsp3) is 0.469. The number of aryl methyl sites for hydroxylation is 1.